The average molecular weight is 252 g/mol. The van der Waals surface area contributed by atoms with E-state index in [4.69, 9.17) is 5.73 Å². The van der Waals surface area contributed by atoms with E-state index >= 15 is 0 Å². The van der Waals surface area contributed by atoms with E-state index in [0.717, 1.165) is 5.56 Å². The van der Waals surface area contributed by atoms with E-state index in [1.807, 2.05) is 20.8 Å². The number of nitrogens with zero attached hydrogens (tertiary/aromatic N) is 1. The highest BCUT2D eigenvalue weighted by molar-refractivity contribution is 5.81. The van der Waals surface area contributed by atoms with Crippen LogP contribution in [0.5, 0.6) is 0 Å². The quantitative estimate of drug-likeness (QED) is 0.873. The molecule has 0 spiro atoms. The highest BCUT2D eigenvalue weighted by Crippen LogP contribution is 2.10. The van der Waals surface area contributed by atoms with Crippen LogP contribution >= 0.6 is 0 Å². The zero-order valence-corrected chi connectivity index (χ0v) is 11.2. The van der Waals surface area contributed by atoms with Gasteiger partial charge in [-0.15, -0.1) is 0 Å². The van der Waals surface area contributed by atoms with Gasteiger partial charge in [0.2, 0.25) is 5.91 Å². The van der Waals surface area contributed by atoms with E-state index in [0.29, 0.717) is 13.1 Å². The lowest BCUT2D eigenvalue weighted by molar-refractivity contribution is -0.134. The summed E-state index contributed by atoms with van der Waals surface area (Å²) in [6.45, 7) is 6.69. The van der Waals surface area contributed by atoms with Crippen LogP contribution in [0.3, 0.4) is 0 Å². The van der Waals surface area contributed by atoms with Gasteiger partial charge in [0, 0.05) is 13.1 Å². The average Bonchev–Trinajstić information content (AvgIpc) is 2.34. The molecule has 0 radical (unpaired) electrons. The summed E-state index contributed by atoms with van der Waals surface area (Å²) in [6, 6.07) is 5.78. The highest BCUT2D eigenvalue weighted by atomic mass is 19.1. The first kappa shape index (κ1) is 14.6. The van der Waals surface area contributed by atoms with Gasteiger partial charge in [-0.2, -0.15) is 0 Å². The Morgan fingerprint density at radius 1 is 1.44 bits per heavy atom. The van der Waals surface area contributed by atoms with Gasteiger partial charge in [-0.1, -0.05) is 26.0 Å². The number of nitrogens with two attached hydrogens (primary N) is 1. The molecular weight excluding hydrogens is 231 g/mol. The van der Waals surface area contributed by atoms with Crippen molar-refractivity contribution in [3.05, 3.63) is 35.6 Å². The van der Waals surface area contributed by atoms with Gasteiger partial charge in [0.1, 0.15) is 5.82 Å². The SMILES string of the molecule is CCN(Cc1cccc(F)c1)C(=O)[C@@H](N)C(C)C. The predicted octanol–water partition coefficient (Wildman–Crippen LogP) is 2.16. The fourth-order valence-corrected chi connectivity index (χ4v) is 1.70. The maximum Gasteiger partial charge on any atom is 0.240 e. The zero-order valence-electron chi connectivity index (χ0n) is 11.2. The Morgan fingerprint density at radius 2 is 2.11 bits per heavy atom. The fraction of sp³-hybridized carbons (Fsp3) is 0.500. The van der Waals surface area contributed by atoms with Crippen molar-refractivity contribution in [3.63, 3.8) is 0 Å². The Kier molecular flexibility index (Phi) is 5.28. The van der Waals surface area contributed by atoms with Crippen molar-refractivity contribution in [3.8, 4) is 0 Å². The maximum absolute atomic E-state index is 13.1. The number of amides is 1. The van der Waals surface area contributed by atoms with Crippen LogP contribution in [0.1, 0.15) is 26.3 Å². The van der Waals surface area contributed by atoms with Crippen molar-refractivity contribution in [1.82, 2.24) is 4.90 Å². The van der Waals surface area contributed by atoms with Gasteiger partial charge in [0.15, 0.2) is 0 Å². The zero-order chi connectivity index (χ0) is 13.7. The van der Waals surface area contributed by atoms with Crippen LogP contribution in [0.25, 0.3) is 0 Å². The van der Waals surface area contributed by atoms with Crippen molar-refractivity contribution < 1.29 is 9.18 Å². The Morgan fingerprint density at radius 3 is 2.61 bits per heavy atom. The minimum absolute atomic E-state index is 0.0863. The summed E-state index contributed by atoms with van der Waals surface area (Å²) >= 11 is 0. The monoisotopic (exact) mass is 252 g/mol. The molecule has 100 valence electrons. The molecule has 0 aromatic heterocycles. The van der Waals surface area contributed by atoms with Gasteiger partial charge in [-0.3, -0.25) is 4.79 Å². The second kappa shape index (κ2) is 6.50. The third-order valence-corrected chi connectivity index (χ3v) is 2.96. The summed E-state index contributed by atoms with van der Waals surface area (Å²) in [5.74, 6) is -0.278. The molecule has 0 fully saturated rings. The smallest absolute Gasteiger partial charge is 0.240 e. The Hall–Kier alpha value is -1.42. The lowest BCUT2D eigenvalue weighted by Gasteiger charge is -2.26. The summed E-state index contributed by atoms with van der Waals surface area (Å²) in [6.07, 6.45) is 0. The second-order valence-corrected chi connectivity index (χ2v) is 4.75. The van der Waals surface area contributed by atoms with Crippen molar-refractivity contribution in [2.75, 3.05) is 6.54 Å². The first-order valence-electron chi connectivity index (χ1n) is 6.24. The Labute approximate surface area is 108 Å². The van der Waals surface area contributed by atoms with Gasteiger partial charge in [0.05, 0.1) is 6.04 Å². The number of carbonyl (C=O) groups is 1. The molecule has 1 aromatic rings. The summed E-state index contributed by atoms with van der Waals surface area (Å²) < 4.78 is 13.1. The molecule has 0 bridgehead atoms. The van der Waals surface area contributed by atoms with Crippen LogP contribution in [0.15, 0.2) is 24.3 Å². The molecule has 2 N–H and O–H groups in total. The molecule has 0 aliphatic heterocycles. The van der Waals surface area contributed by atoms with Crippen molar-refractivity contribution in [1.29, 1.82) is 0 Å². The standard InChI is InChI=1S/C14H21FN2O/c1-4-17(14(18)13(16)10(2)3)9-11-6-5-7-12(15)8-11/h5-8,10,13H,4,9,16H2,1-3H3/t13-/m0/s1. The lowest BCUT2D eigenvalue weighted by Crippen LogP contribution is -2.46. The molecule has 0 heterocycles. The van der Waals surface area contributed by atoms with Gasteiger partial charge < -0.3 is 10.6 Å². The first-order chi connectivity index (χ1) is 8.45. The maximum atomic E-state index is 13.1. The molecule has 4 heteroatoms. The lowest BCUT2D eigenvalue weighted by atomic mass is 10.0. The van der Waals surface area contributed by atoms with E-state index in [2.05, 4.69) is 0 Å². The molecule has 18 heavy (non-hydrogen) atoms. The second-order valence-electron chi connectivity index (χ2n) is 4.75. The summed E-state index contributed by atoms with van der Waals surface area (Å²) in [7, 11) is 0. The number of likely N-dealkylation sites (N-methyl/N-ethyl adjacent to an activating group) is 1. The molecule has 1 atom stereocenters. The molecule has 1 amide bonds. The molecule has 0 aliphatic rings. The minimum Gasteiger partial charge on any atom is -0.337 e. The van der Waals surface area contributed by atoms with Crippen molar-refractivity contribution >= 4 is 5.91 Å². The van der Waals surface area contributed by atoms with E-state index in [-0.39, 0.29) is 17.6 Å². The first-order valence-corrected chi connectivity index (χ1v) is 6.24. The van der Waals surface area contributed by atoms with E-state index in [1.165, 1.54) is 12.1 Å². The third-order valence-electron chi connectivity index (χ3n) is 2.96. The number of rotatable bonds is 5. The van der Waals surface area contributed by atoms with Crippen LogP contribution in [-0.4, -0.2) is 23.4 Å². The molecule has 1 rings (SSSR count). The normalized spacial score (nSPS) is 12.6. The fourth-order valence-electron chi connectivity index (χ4n) is 1.70. The third kappa shape index (κ3) is 3.81. The van der Waals surface area contributed by atoms with Gasteiger partial charge in [0.25, 0.3) is 0 Å². The number of carbonyl (C=O) groups excluding carboxylic acids is 1. The topological polar surface area (TPSA) is 46.3 Å². The minimum atomic E-state index is -0.501. The highest BCUT2D eigenvalue weighted by Gasteiger charge is 2.22. The summed E-state index contributed by atoms with van der Waals surface area (Å²) in [4.78, 5) is 13.8. The summed E-state index contributed by atoms with van der Waals surface area (Å²) in [5.41, 5.74) is 6.63. The molecular formula is C14H21FN2O. The molecule has 1 aromatic carbocycles. The van der Waals surface area contributed by atoms with E-state index < -0.39 is 6.04 Å². The van der Waals surface area contributed by atoms with E-state index in [9.17, 15) is 9.18 Å². The van der Waals surface area contributed by atoms with Gasteiger partial charge >= 0.3 is 0 Å². The molecule has 3 nitrogen and oxygen atoms in total. The van der Waals surface area contributed by atoms with E-state index in [1.54, 1.807) is 17.0 Å². The van der Waals surface area contributed by atoms with Crippen LogP contribution in [0.2, 0.25) is 0 Å². The van der Waals surface area contributed by atoms with Crippen LogP contribution in [-0.2, 0) is 11.3 Å². The Balaban J connectivity index is 2.76. The van der Waals surface area contributed by atoms with Gasteiger partial charge in [-0.25, -0.2) is 4.39 Å². The number of benzene rings is 1. The number of halogens is 1. The molecule has 0 aliphatic carbocycles. The number of hydrogen-bond donors (Lipinski definition) is 1. The molecule has 0 unspecified atom stereocenters. The van der Waals surface area contributed by atoms with Gasteiger partial charge in [-0.05, 0) is 30.5 Å². The molecule has 0 saturated carbocycles. The van der Waals surface area contributed by atoms with Crippen molar-refractivity contribution in [2.24, 2.45) is 11.7 Å². The summed E-state index contributed by atoms with van der Waals surface area (Å²) in [5, 5.41) is 0. The van der Waals surface area contributed by atoms with Crippen molar-refractivity contribution in [2.45, 2.75) is 33.4 Å². The largest absolute Gasteiger partial charge is 0.337 e. The number of hydrogen-bond acceptors (Lipinski definition) is 2. The van der Waals surface area contributed by atoms with Crippen LogP contribution in [0, 0.1) is 11.7 Å². The van der Waals surface area contributed by atoms with Crippen LogP contribution < -0.4 is 5.73 Å². The predicted molar refractivity (Wildman–Crippen MR) is 70.3 cm³/mol. The Bertz CT molecular complexity index is 407. The molecule has 0 saturated heterocycles. The van der Waals surface area contributed by atoms with Crippen LogP contribution in [0.4, 0.5) is 4.39 Å².